The second-order valence-corrected chi connectivity index (χ2v) is 14.2. The van der Waals surface area contributed by atoms with Gasteiger partial charge in [-0.2, -0.15) is 0 Å². The summed E-state index contributed by atoms with van der Waals surface area (Å²) in [7, 11) is 0.664. The topological polar surface area (TPSA) is 163 Å². The summed E-state index contributed by atoms with van der Waals surface area (Å²) in [6.07, 6.45) is 1.49. The Morgan fingerprint density at radius 1 is 1.22 bits per heavy atom. The fourth-order valence-corrected chi connectivity index (χ4v) is 7.25. The molecule has 2 heterocycles. The lowest BCUT2D eigenvalue weighted by atomic mass is 9.43. The summed E-state index contributed by atoms with van der Waals surface area (Å²) in [5, 5.41) is 23.7. The molecule has 0 radical (unpaired) electrons. The van der Waals surface area contributed by atoms with E-state index in [-0.39, 0.29) is 48.2 Å². The van der Waals surface area contributed by atoms with Crippen LogP contribution in [-0.4, -0.2) is 75.5 Å². The number of para-hydroxylation sites is 1. The number of benzene rings is 1. The van der Waals surface area contributed by atoms with Crippen molar-refractivity contribution in [1.29, 1.82) is 0 Å². The van der Waals surface area contributed by atoms with Crippen molar-refractivity contribution in [3.8, 4) is 5.75 Å². The number of carboxylic acid groups (broad SMARTS) is 1. The minimum atomic E-state index is -1.11. The van der Waals surface area contributed by atoms with E-state index in [9.17, 15) is 19.5 Å². The summed E-state index contributed by atoms with van der Waals surface area (Å²) in [6, 6.07) is 4.91. The van der Waals surface area contributed by atoms with Crippen molar-refractivity contribution in [3.05, 3.63) is 40.7 Å². The van der Waals surface area contributed by atoms with E-state index in [1.165, 1.54) is 17.9 Å². The van der Waals surface area contributed by atoms with Gasteiger partial charge in [-0.1, -0.05) is 31.2 Å². The second kappa shape index (κ2) is 11.9. The largest absolute Gasteiger partial charge is 0.496 e. The molecule has 14 heteroatoms. The van der Waals surface area contributed by atoms with Crippen molar-refractivity contribution in [1.82, 2.24) is 25.6 Å². The molecular weight excluding hydrogens is 581 g/mol. The molecule has 6 rings (SSSR count). The third-order valence-electron chi connectivity index (χ3n) is 9.79. The number of nitrogens with zero attached hydrogens (tertiary/aromatic N) is 3. The van der Waals surface area contributed by atoms with Gasteiger partial charge < -0.3 is 34.5 Å². The van der Waals surface area contributed by atoms with E-state index in [1.807, 2.05) is 0 Å². The highest BCUT2D eigenvalue weighted by atomic mass is 16.7. The predicted octanol–water partition coefficient (Wildman–Crippen LogP) is 3.31. The van der Waals surface area contributed by atoms with Crippen LogP contribution in [0.5, 0.6) is 5.75 Å². The highest BCUT2D eigenvalue weighted by molar-refractivity contribution is 6.48. The zero-order chi connectivity index (χ0) is 32.9. The van der Waals surface area contributed by atoms with Crippen LogP contribution in [0.15, 0.2) is 18.2 Å². The third-order valence-corrected chi connectivity index (χ3v) is 9.79. The van der Waals surface area contributed by atoms with E-state index < -0.39 is 36.3 Å². The van der Waals surface area contributed by atoms with Gasteiger partial charge in [0.05, 0.1) is 37.0 Å². The van der Waals surface area contributed by atoms with Gasteiger partial charge in [-0.3, -0.25) is 4.79 Å². The molecule has 4 aliphatic rings. The first kappa shape index (κ1) is 32.7. The number of aromatic carboxylic acids is 1. The first-order valence-corrected chi connectivity index (χ1v) is 15.4. The van der Waals surface area contributed by atoms with Gasteiger partial charge in [0.2, 0.25) is 5.91 Å². The summed E-state index contributed by atoms with van der Waals surface area (Å²) in [6.45, 7) is 13.7. The van der Waals surface area contributed by atoms with E-state index in [2.05, 4.69) is 41.7 Å². The lowest BCUT2D eigenvalue weighted by Gasteiger charge is -2.64. The molecule has 2 amide bonds. The lowest BCUT2D eigenvalue weighted by molar-refractivity contribution is -0.199. The highest BCUT2D eigenvalue weighted by Crippen LogP contribution is 2.65. The van der Waals surface area contributed by atoms with E-state index >= 15 is 0 Å². The number of nitrogens with one attached hydrogen (secondary N) is 2. The molecule has 0 spiro atoms. The molecule has 1 aromatic heterocycles. The Labute approximate surface area is 263 Å². The fourth-order valence-electron chi connectivity index (χ4n) is 7.25. The molecule has 1 aromatic carbocycles. The zero-order valence-corrected chi connectivity index (χ0v) is 27.3. The molecule has 3 N–H and O–H groups in total. The highest BCUT2D eigenvalue weighted by Gasteiger charge is 2.68. The number of carbonyl (C=O) groups excluding carboxylic acids is 2. The van der Waals surface area contributed by atoms with Crippen molar-refractivity contribution in [2.24, 2.45) is 17.3 Å². The van der Waals surface area contributed by atoms with Crippen LogP contribution in [0.4, 0.5) is 4.79 Å². The number of amides is 2. The molecule has 13 nitrogen and oxygen atoms in total. The molecule has 4 fully saturated rings. The molecule has 244 valence electrons. The minimum absolute atomic E-state index is 0.0299. The SMILES string of the molecule is COc1c(C[C@H](NC(=O)Cn2nnc(CNC(=O)OC(C)(C)C)c2C)B2O[C@@H]3C[C@@H]4C[C@@H](C4(C)C)[C@]3(C)O2)cccc1C(=O)O. The molecule has 2 aromatic rings. The maximum Gasteiger partial charge on any atom is 0.482 e. The summed E-state index contributed by atoms with van der Waals surface area (Å²) in [5.74, 6) is -1.02. The van der Waals surface area contributed by atoms with Gasteiger partial charge in [0.25, 0.3) is 0 Å². The van der Waals surface area contributed by atoms with Crippen molar-refractivity contribution < 1.29 is 38.3 Å². The fraction of sp³-hybridized carbons (Fsp3) is 0.645. The zero-order valence-electron chi connectivity index (χ0n) is 27.3. The Balaban J connectivity index is 1.33. The first-order chi connectivity index (χ1) is 21.0. The Hall–Kier alpha value is -3.65. The van der Waals surface area contributed by atoms with Crippen molar-refractivity contribution in [3.63, 3.8) is 0 Å². The number of carboxylic acids is 1. The Morgan fingerprint density at radius 3 is 2.60 bits per heavy atom. The lowest BCUT2D eigenvalue weighted by Crippen LogP contribution is -2.65. The molecule has 1 aliphatic heterocycles. The van der Waals surface area contributed by atoms with E-state index in [0.717, 1.165) is 12.8 Å². The Bertz CT molecular complexity index is 1470. The van der Waals surface area contributed by atoms with E-state index in [1.54, 1.807) is 39.8 Å². The van der Waals surface area contributed by atoms with Gasteiger partial charge >= 0.3 is 19.2 Å². The smallest absolute Gasteiger partial charge is 0.482 e. The van der Waals surface area contributed by atoms with Crippen LogP contribution in [0, 0.1) is 24.2 Å². The standard InChI is InChI=1S/C31H44BN5O8/c1-17-21(15-33-28(41)43-29(2,3)4)35-36-37(17)16-25(38)34-24(12-18-10-9-11-20(27(39)40)26(18)42-8)32-44-23-14-19-13-22(30(19,5)6)31(23,7)45-32/h9-11,19,22-24H,12-16H2,1-8H3,(H,33,41)(H,34,38)(H,39,40)/t19-,22-,23+,24-,31-/m0/s1. The molecule has 45 heavy (non-hydrogen) atoms. The van der Waals surface area contributed by atoms with Crippen LogP contribution in [0.2, 0.25) is 0 Å². The van der Waals surface area contributed by atoms with Gasteiger partial charge in [-0.25, -0.2) is 14.3 Å². The minimum Gasteiger partial charge on any atom is -0.496 e. The van der Waals surface area contributed by atoms with Gasteiger partial charge in [0, 0.05) is 0 Å². The normalized spacial score (nSPS) is 25.5. The van der Waals surface area contributed by atoms with Crippen LogP contribution in [0.25, 0.3) is 0 Å². The number of ether oxygens (including phenoxy) is 2. The van der Waals surface area contributed by atoms with Gasteiger partial charge in [0.1, 0.15) is 29.2 Å². The summed E-state index contributed by atoms with van der Waals surface area (Å²) in [5.41, 5.74) is 0.751. The van der Waals surface area contributed by atoms with Crippen LogP contribution < -0.4 is 15.4 Å². The molecule has 3 saturated carbocycles. The van der Waals surface area contributed by atoms with Crippen molar-refractivity contribution in [2.45, 2.75) is 104 Å². The molecule has 0 unspecified atom stereocenters. The molecule has 2 bridgehead atoms. The molecule has 3 aliphatic carbocycles. The number of methoxy groups -OCH3 is 1. The number of rotatable bonds is 10. The number of aromatic nitrogens is 3. The Kier molecular flexibility index (Phi) is 8.69. The number of carbonyl (C=O) groups is 3. The number of hydrogen-bond donors (Lipinski definition) is 3. The van der Waals surface area contributed by atoms with Crippen LogP contribution in [0.3, 0.4) is 0 Å². The second-order valence-electron chi connectivity index (χ2n) is 14.2. The van der Waals surface area contributed by atoms with E-state index in [0.29, 0.717) is 28.8 Å². The van der Waals surface area contributed by atoms with Crippen LogP contribution in [-0.2, 0) is 38.4 Å². The molecule has 5 atom stereocenters. The monoisotopic (exact) mass is 625 g/mol. The van der Waals surface area contributed by atoms with Gasteiger partial charge in [-0.05, 0) is 82.8 Å². The third kappa shape index (κ3) is 6.39. The average molecular weight is 626 g/mol. The average Bonchev–Trinajstić information content (AvgIpc) is 3.48. The number of hydrogen-bond acceptors (Lipinski definition) is 9. The van der Waals surface area contributed by atoms with E-state index in [4.69, 9.17) is 18.8 Å². The maximum absolute atomic E-state index is 13.5. The van der Waals surface area contributed by atoms with Crippen molar-refractivity contribution in [2.75, 3.05) is 7.11 Å². The van der Waals surface area contributed by atoms with Gasteiger partial charge in [0.15, 0.2) is 0 Å². The predicted molar refractivity (Wildman–Crippen MR) is 164 cm³/mol. The number of alkyl carbamates (subject to hydrolysis) is 1. The molecular formula is C31H44BN5O8. The summed E-state index contributed by atoms with van der Waals surface area (Å²) in [4.78, 5) is 37.5. The Morgan fingerprint density at radius 2 is 1.96 bits per heavy atom. The maximum atomic E-state index is 13.5. The first-order valence-electron chi connectivity index (χ1n) is 15.4. The van der Waals surface area contributed by atoms with Crippen LogP contribution in [0.1, 0.15) is 81.7 Å². The van der Waals surface area contributed by atoms with Crippen molar-refractivity contribution >= 4 is 25.1 Å². The summed E-state index contributed by atoms with van der Waals surface area (Å²) >= 11 is 0. The molecule has 1 saturated heterocycles. The van der Waals surface area contributed by atoms with Gasteiger partial charge in [-0.15, -0.1) is 5.10 Å². The summed E-state index contributed by atoms with van der Waals surface area (Å²) < 4.78 is 25.5. The quantitative estimate of drug-likeness (QED) is 0.334. The van der Waals surface area contributed by atoms with Crippen LogP contribution >= 0.6 is 0 Å².